The highest BCUT2D eigenvalue weighted by Crippen LogP contribution is 2.09. The van der Waals surface area contributed by atoms with Gasteiger partial charge in [0.2, 0.25) is 11.8 Å². The lowest BCUT2D eigenvalue weighted by Crippen LogP contribution is -2.13. The summed E-state index contributed by atoms with van der Waals surface area (Å²) in [6.45, 7) is 5.30. The molecule has 2 heterocycles. The number of hydrogen-bond donors (Lipinski definition) is 1. The lowest BCUT2D eigenvalue weighted by molar-refractivity contribution is 0.232. The summed E-state index contributed by atoms with van der Waals surface area (Å²) in [5, 5.41) is 10.7. The molecule has 1 N–H and O–H groups in total. The van der Waals surface area contributed by atoms with Crippen LogP contribution in [0.25, 0.3) is 0 Å². The Balaban J connectivity index is 1.85. The van der Waals surface area contributed by atoms with E-state index in [9.17, 15) is 0 Å². The van der Waals surface area contributed by atoms with E-state index >= 15 is 0 Å². The summed E-state index contributed by atoms with van der Waals surface area (Å²) >= 11 is 0. The number of rotatable bonds is 6. The van der Waals surface area contributed by atoms with Gasteiger partial charge < -0.3 is 10.1 Å². The molecule has 2 aromatic rings. The number of anilines is 1. The van der Waals surface area contributed by atoms with Gasteiger partial charge in [-0.15, -0.1) is 5.10 Å². The van der Waals surface area contributed by atoms with Gasteiger partial charge in [-0.1, -0.05) is 5.21 Å². The van der Waals surface area contributed by atoms with Crippen molar-refractivity contribution >= 4 is 5.95 Å². The zero-order valence-corrected chi connectivity index (χ0v) is 10.4. The van der Waals surface area contributed by atoms with Crippen LogP contribution in [0, 0.1) is 0 Å². The van der Waals surface area contributed by atoms with E-state index in [4.69, 9.17) is 4.74 Å². The SMILES string of the molecule is CC(C)Oc1ccnc(NCCn2ccnn2)n1. The largest absolute Gasteiger partial charge is 0.475 e. The summed E-state index contributed by atoms with van der Waals surface area (Å²) in [5.74, 6) is 1.12. The van der Waals surface area contributed by atoms with E-state index in [-0.39, 0.29) is 6.10 Å². The standard InChI is InChI=1S/C11H16N6O/c1-9(2)18-10-3-4-12-11(15-10)13-5-7-17-8-6-14-16-17/h3-4,6,8-9H,5,7H2,1-2H3,(H,12,13,15). The molecule has 2 aromatic heterocycles. The van der Waals surface area contributed by atoms with Crippen molar-refractivity contribution in [3.05, 3.63) is 24.7 Å². The van der Waals surface area contributed by atoms with Crippen LogP contribution in [-0.2, 0) is 6.54 Å². The lowest BCUT2D eigenvalue weighted by Gasteiger charge is -2.09. The van der Waals surface area contributed by atoms with Crippen LogP contribution in [0.3, 0.4) is 0 Å². The molecule has 0 aliphatic carbocycles. The van der Waals surface area contributed by atoms with Gasteiger partial charge in [0.15, 0.2) is 0 Å². The zero-order valence-electron chi connectivity index (χ0n) is 10.4. The van der Waals surface area contributed by atoms with Crippen molar-refractivity contribution in [3.8, 4) is 5.88 Å². The van der Waals surface area contributed by atoms with E-state index in [1.807, 2.05) is 13.8 Å². The second-order valence-corrected chi connectivity index (χ2v) is 3.98. The zero-order chi connectivity index (χ0) is 12.8. The van der Waals surface area contributed by atoms with E-state index in [1.165, 1.54) is 0 Å². The van der Waals surface area contributed by atoms with Crippen molar-refractivity contribution in [1.29, 1.82) is 0 Å². The number of ether oxygens (including phenoxy) is 1. The van der Waals surface area contributed by atoms with E-state index in [0.717, 1.165) is 0 Å². The van der Waals surface area contributed by atoms with Gasteiger partial charge in [-0.05, 0) is 13.8 Å². The smallest absolute Gasteiger partial charge is 0.226 e. The average Bonchev–Trinajstić information content (AvgIpc) is 2.82. The molecule has 7 nitrogen and oxygen atoms in total. The van der Waals surface area contributed by atoms with Gasteiger partial charge in [-0.2, -0.15) is 4.98 Å². The summed E-state index contributed by atoms with van der Waals surface area (Å²) in [6, 6.07) is 1.74. The van der Waals surface area contributed by atoms with E-state index in [0.29, 0.717) is 24.9 Å². The summed E-state index contributed by atoms with van der Waals surface area (Å²) in [4.78, 5) is 8.36. The molecule has 0 unspecified atom stereocenters. The first-order valence-electron chi connectivity index (χ1n) is 5.82. The Labute approximate surface area is 105 Å². The van der Waals surface area contributed by atoms with Crippen LogP contribution in [0.1, 0.15) is 13.8 Å². The Bertz CT molecular complexity index is 470. The van der Waals surface area contributed by atoms with Crippen molar-refractivity contribution in [3.63, 3.8) is 0 Å². The quantitative estimate of drug-likeness (QED) is 0.820. The van der Waals surface area contributed by atoms with Crippen molar-refractivity contribution in [2.75, 3.05) is 11.9 Å². The fourth-order valence-corrected chi connectivity index (χ4v) is 1.37. The third-order valence-electron chi connectivity index (χ3n) is 2.08. The molecule has 2 rings (SSSR count). The van der Waals surface area contributed by atoms with Crippen LogP contribution in [0.4, 0.5) is 5.95 Å². The Morgan fingerprint density at radius 2 is 2.28 bits per heavy atom. The van der Waals surface area contributed by atoms with Gasteiger partial charge in [-0.3, -0.25) is 4.68 Å². The van der Waals surface area contributed by atoms with Crippen molar-refractivity contribution in [2.24, 2.45) is 0 Å². The molecule has 0 aliphatic rings. The number of aromatic nitrogens is 5. The summed E-state index contributed by atoms with van der Waals surface area (Å²) in [7, 11) is 0. The lowest BCUT2D eigenvalue weighted by atomic mass is 10.5. The normalized spacial score (nSPS) is 10.6. The van der Waals surface area contributed by atoms with Gasteiger partial charge in [0.1, 0.15) is 0 Å². The second-order valence-electron chi connectivity index (χ2n) is 3.98. The van der Waals surface area contributed by atoms with Crippen molar-refractivity contribution < 1.29 is 4.74 Å². The Morgan fingerprint density at radius 3 is 3.00 bits per heavy atom. The van der Waals surface area contributed by atoms with Gasteiger partial charge in [-0.25, -0.2) is 4.98 Å². The minimum absolute atomic E-state index is 0.0999. The first-order valence-corrected chi connectivity index (χ1v) is 5.82. The third kappa shape index (κ3) is 3.69. The van der Waals surface area contributed by atoms with Gasteiger partial charge >= 0.3 is 0 Å². The molecule has 0 aromatic carbocycles. The highest BCUT2D eigenvalue weighted by molar-refractivity contribution is 5.27. The predicted octanol–water partition coefficient (Wildman–Crippen LogP) is 0.967. The Morgan fingerprint density at radius 1 is 1.39 bits per heavy atom. The number of nitrogens with zero attached hydrogens (tertiary/aromatic N) is 5. The van der Waals surface area contributed by atoms with Crippen LogP contribution in [0.2, 0.25) is 0 Å². The van der Waals surface area contributed by atoms with Crippen molar-refractivity contribution in [2.45, 2.75) is 26.5 Å². The van der Waals surface area contributed by atoms with Crippen LogP contribution in [0.15, 0.2) is 24.7 Å². The maximum atomic E-state index is 5.49. The minimum Gasteiger partial charge on any atom is -0.475 e. The molecule has 0 atom stereocenters. The molecule has 96 valence electrons. The van der Waals surface area contributed by atoms with Gasteiger partial charge in [0, 0.05) is 25.0 Å². The molecule has 0 bridgehead atoms. The molecule has 18 heavy (non-hydrogen) atoms. The van der Waals surface area contributed by atoms with Crippen LogP contribution in [-0.4, -0.2) is 37.6 Å². The topological polar surface area (TPSA) is 77.8 Å². The van der Waals surface area contributed by atoms with Crippen LogP contribution >= 0.6 is 0 Å². The number of nitrogens with one attached hydrogen (secondary N) is 1. The molecule has 0 spiro atoms. The average molecular weight is 248 g/mol. The first kappa shape index (κ1) is 12.3. The van der Waals surface area contributed by atoms with Gasteiger partial charge in [0.05, 0.1) is 18.8 Å². The molecular formula is C11H16N6O. The molecular weight excluding hydrogens is 232 g/mol. The Hall–Kier alpha value is -2.18. The maximum absolute atomic E-state index is 5.49. The highest BCUT2D eigenvalue weighted by Gasteiger charge is 2.01. The number of hydrogen-bond acceptors (Lipinski definition) is 6. The molecule has 0 aliphatic heterocycles. The third-order valence-corrected chi connectivity index (χ3v) is 2.08. The predicted molar refractivity (Wildman–Crippen MR) is 66.3 cm³/mol. The van der Waals surface area contributed by atoms with Gasteiger partial charge in [0.25, 0.3) is 0 Å². The first-order chi connectivity index (χ1) is 8.74. The molecule has 0 saturated carbocycles. The highest BCUT2D eigenvalue weighted by atomic mass is 16.5. The minimum atomic E-state index is 0.0999. The fraction of sp³-hybridized carbons (Fsp3) is 0.455. The van der Waals surface area contributed by atoms with E-state index in [2.05, 4.69) is 25.6 Å². The fourth-order valence-electron chi connectivity index (χ4n) is 1.37. The monoisotopic (exact) mass is 248 g/mol. The molecule has 7 heteroatoms. The maximum Gasteiger partial charge on any atom is 0.226 e. The molecule has 0 radical (unpaired) electrons. The molecule has 0 amide bonds. The molecule has 0 saturated heterocycles. The second kappa shape index (κ2) is 5.95. The van der Waals surface area contributed by atoms with Crippen LogP contribution in [0.5, 0.6) is 5.88 Å². The summed E-state index contributed by atoms with van der Waals surface area (Å²) in [6.07, 6.45) is 5.22. The molecule has 0 fully saturated rings. The summed E-state index contributed by atoms with van der Waals surface area (Å²) in [5.41, 5.74) is 0. The van der Waals surface area contributed by atoms with E-state index in [1.54, 1.807) is 29.3 Å². The van der Waals surface area contributed by atoms with Crippen LogP contribution < -0.4 is 10.1 Å². The Kier molecular flexibility index (Phi) is 4.06. The van der Waals surface area contributed by atoms with E-state index < -0.39 is 0 Å². The summed E-state index contributed by atoms with van der Waals surface area (Å²) < 4.78 is 7.23. The van der Waals surface area contributed by atoms with Crippen molar-refractivity contribution in [1.82, 2.24) is 25.0 Å².